The molecule has 0 aliphatic carbocycles. The van der Waals surface area contributed by atoms with Crippen molar-refractivity contribution in [2.24, 2.45) is 0 Å². The van der Waals surface area contributed by atoms with Crippen LogP contribution >= 0.6 is 12.2 Å². The number of aromatic nitrogens is 2. The van der Waals surface area contributed by atoms with E-state index in [1.165, 1.54) is 0 Å². The molecule has 3 aromatic rings. The van der Waals surface area contributed by atoms with Crippen LogP contribution in [0.4, 0.5) is 5.95 Å². The van der Waals surface area contributed by atoms with Gasteiger partial charge in [-0.1, -0.05) is 48.5 Å². The molecule has 132 valence electrons. The lowest BCUT2D eigenvalue weighted by Gasteiger charge is -2.17. The lowest BCUT2D eigenvalue weighted by molar-refractivity contribution is 0.462. The predicted octanol–water partition coefficient (Wildman–Crippen LogP) is 4.62. The van der Waals surface area contributed by atoms with E-state index < -0.39 is 0 Å². The second kappa shape index (κ2) is 8.40. The number of nitrogens with one attached hydrogen (secondary N) is 2. The van der Waals surface area contributed by atoms with E-state index in [4.69, 9.17) is 17.0 Å². The van der Waals surface area contributed by atoms with Gasteiger partial charge < -0.3 is 15.4 Å². The van der Waals surface area contributed by atoms with Crippen LogP contribution in [0.15, 0.2) is 66.7 Å². The average molecular weight is 364 g/mol. The van der Waals surface area contributed by atoms with Crippen LogP contribution in [-0.4, -0.2) is 15.1 Å². The number of nitrogens with zero attached hydrogens (tertiary/aromatic N) is 2. The first-order valence-corrected chi connectivity index (χ1v) is 8.72. The Morgan fingerprint density at radius 3 is 2.35 bits per heavy atom. The van der Waals surface area contributed by atoms with Gasteiger partial charge in [0.15, 0.2) is 5.11 Å². The number of ether oxygens (including phenoxy) is 1. The minimum Gasteiger partial charge on any atom is -0.439 e. The van der Waals surface area contributed by atoms with Crippen LogP contribution < -0.4 is 15.4 Å². The summed E-state index contributed by atoms with van der Waals surface area (Å²) in [6.07, 6.45) is 0. The zero-order chi connectivity index (χ0) is 18.4. The van der Waals surface area contributed by atoms with Crippen LogP contribution in [0.25, 0.3) is 0 Å². The molecular formula is C20H20N4OS. The number of anilines is 1. The van der Waals surface area contributed by atoms with Crippen LogP contribution in [-0.2, 0) is 0 Å². The molecule has 2 N–H and O–H groups in total. The molecule has 5 nitrogen and oxygen atoms in total. The number of hydrogen-bond acceptors (Lipinski definition) is 4. The third-order valence-electron chi connectivity index (χ3n) is 3.67. The lowest BCUT2D eigenvalue weighted by Crippen LogP contribution is -2.31. The highest BCUT2D eigenvalue weighted by atomic mass is 32.1. The third kappa shape index (κ3) is 5.00. The summed E-state index contributed by atoms with van der Waals surface area (Å²) in [4.78, 5) is 8.74. The Hall–Kier alpha value is -2.99. The molecule has 1 unspecified atom stereocenters. The quantitative estimate of drug-likeness (QED) is 0.644. The molecule has 1 atom stereocenters. The van der Waals surface area contributed by atoms with Crippen molar-refractivity contribution in [3.05, 3.63) is 78.0 Å². The Balaban J connectivity index is 1.66. The summed E-state index contributed by atoms with van der Waals surface area (Å²) in [5.74, 6) is 1.58. The Bertz CT molecular complexity index is 871. The van der Waals surface area contributed by atoms with Crippen LogP contribution in [0.5, 0.6) is 11.6 Å². The van der Waals surface area contributed by atoms with Crippen LogP contribution in [0, 0.1) is 6.92 Å². The molecule has 3 rings (SSSR count). The van der Waals surface area contributed by atoms with Crippen LogP contribution in [0.2, 0.25) is 0 Å². The lowest BCUT2D eigenvalue weighted by atomic mass is 10.1. The number of benzene rings is 2. The Morgan fingerprint density at radius 1 is 1.00 bits per heavy atom. The van der Waals surface area contributed by atoms with Crippen LogP contribution in [0.1, 0.15) is 24.2 Å². The van der Waals surface area contributed by atoms with Crippen molar-refractivity contribution in [1.29, 1.82) is 0 Å². The molecule has 0 spiro atoms. The van der Waals surface area contributed by atoms with Crippen molar-refractivity contribution >= 4 is 23.3 Å². The molecule has 26 heavy (non-hydrogen) atoms. The van der Waals surface area contributed by atoms with Gasteiger partial charge >= 0.3 is 0 Å². The van der Waals surface area contributed by atoms with E-state index in [1.807, 2.05) is 62.4 Å². The second-order valence-electron chi connectivity index (χ2n) is 5.82. The van der Waals surface area contributed by atoms with E-state index in [1.54, 1.807) is 6.07 Å². The molecule has 0 saturated heterocycles. The Kier molecular flexibility index (Phi) is 5.76. The van der Waals surface area contributed by atoms with Crippen molar-refractivity contribution < 1.29 is 4.74 Å². The van der Waals surface area contributed by atoms with E-state index >= 15 is 0 Å². The summed E-state index contributed by atoms with van der Waals surface area (Å²) < 4.78 is 5.78. The van der Waals surface area contributed by atoms with Crippen molar-refractivity contribution in [1.82, 2.24) is 15.3 Å². The maximum atomic E-state index is 5.78. The number of rotatable bonds is 5. The molecule has 2 aromatic carbocycles. The topological polar surface area (TPSA) is 59.1 Å². The number of para-hydroxylation sites is 1. The third-order valence-corrected chi connectivity index (χ3v) is 3.89. The van der Waals surface area contributed by atoms with E-state index in [-0.39, 0.29) is 6.04 Å². The van der Waals surface area contributed by atoms with E-state index in [2.05, 4.69) is 32.7 Å². The van der Waals surface area contributed by atoms with Gasteiger partial charge in [0, 0.05) is 11.8 Å². The summed E-state index contributed by atoms with van der Waals surface area (Å²) in [6.45, 7) is 3.93. The molecule has 1 heterocycles. The first-order valence-electron chi connectivity index (χ1n) is 8.31. The Labute approximate surface area is 158 Å². The molecule has 0 aliphatic heterocycles. The van der Waals surface area contributed by atoms with Gasteiger partial charge in [-0.2, -0.15) is 4.98 Å². The van der Waals surface area contributed by atoms with E-state index in [0.717, 1.165) is 17.0 Å². The minimum atomic E-state index is 0.0704. The Morgan fingerprint density at radius 2 is 1.65 bits per heavy atom. The summed E-state index contributed by atoms with van der Waals surface area (Å²) in [7, 11) is 0. The standard InChI is InChI=1S/C20H20N4OS/c1-14-13-18(25-17-11-7-4-8-12-17)23-19(21-14)24-20(26)22-15(2)16-9-5-3-6-10-16/h3-13,15H,1-2H3,(H2,21,22,23,24,26). The van der Waals surface area contributed by atoms with E-state index in [0.29, 0.717) is 16.9 Å². The van der Waals surface area contributed by atoms with Crippen molar-refractivity contribution in [2.45, 2.75) is 19.9 Å². The number of aryl methyl sites for hydroxylation is 1. The molecule has 0 saturated carbocycles. The minimum absolute atomic E-state index is 0.0704. The SMILES string of the molecule is Cc1cc(Oc2ccccc2)nc(NC(=S)NC(C)c2ccccc2)n1. The molecule has 1 aromatic heterocycles. The highest BCUT2D eigenvalue weighted by Crippen LogP contribution is 2.20. The highest BCUT2D eigenvalue weighted by Gasteiger charge is 2.09. The summed E-state index contributed by atoms with van der Waals surface area (Å²) in [5, 5.41) is 6.72. The highest BCUT2D eigenvalue weighted by molar-refractivity contribution is 7.80. The maximum absolute atomic E-state index is 5.78. The van der Waals surface area contributed by atoms with Crippen molar-refractivity contribution in [3.8, 4) is 11.6 Å². The first-order chi connectivity index (χ1) is 12.6. The fourth-order valence-corrected chi connectivity index (χ4v) is 2.68. The van der Waals surface area contributed by atoms with Gasteiger partial charge in [0.2, 0.25) is 11.8 Å². The second-order valence-corrected chi connectivity index (χ2v) is 6.23. The largest absolute Gasteiger partial charge is 0.439 e. The van der Waals surface area contributed by atoms with Gasteiger partial charge in [-0.3, -0.25) is 0 Å². The maximum Gasteiger partial charge on any atom is 0.232 e. The summed E-state index contributed by atoms with van der Waals surface area (Å²) in [5.41, 5.74) is 1.93. The molecule has 0 radical (unpaired) electrons. The van der Waals surface area contributed by atoms with Gasteiger partial charge in [0.1, 0.15) is 5.75 Å². The van der Waals surface area contributed by atoms with E-state index in [9.17, 15) is 0 Å². The fraction of sp³-hybridized carbons (Fsp3) is 0.150. The predicted molar refractivity (Wildman–Crippen MR) is 107 cm³/mol. The first kappa shape index (κ1) is 17.8. The normalized spacial score (nSPS) is 11.5. The average Bonchev–Trinajstić information content (AvgIpc) is 2.62. The summed E-state index contributed by atoms with van der Waals surface area (Å²) in [6, 6.07) is 21.4. The number of thiocarbonyl (C=S) groups is 1. The molecule has 0 amide bonds. The zero-order valence-electron chi connectivity index (χ0n) is 14.6. The van der Waals surface area contributed by atoms with Crippen molar-refractivity contribution in [2.75, 3.05) is 5.32 Å². The van der Waals surface area contributed by atoms with Crippen LogP contribution in [0.3, 0.4) is 0 Å². The molecule has 0 fully saturated rings. The van der Waals surface area contributed by atoms with Gasteiger partial charge in [-0.05, 0) is 43.8 Å². The monoisotopic (exact) mass is 364 g/mol. The zero-order valence-corrected chi connectivity index (χ0v) is 15.5. The smallest absolute Gasteiger partial charge is 0.232 e. The van der Waals surface area contributed by atoms with Gasteiger partial charge in [0.25, 0.3) is 0 Å². The molecule has 0 aliphatic rings. The van der Waals surface area contributed by atoms with Crippen molar-refractivity contribution in [3.63, 3.8) is 0 Å². The fourth-order valence-electron chi connectivity index (χ4n) is 2.42. The molecular weight excluding hydrogens is 344 g/mol. The molecule has 0 bridgehead atoms. The van der Waals surface area contributed by atoms with Gasteiger partial charge in [-0.15, -0.1) is 0 Å². The number of hydrogen-bond donors (Lipinski definition) is 2. The summed E-state index contributed by atoms with van der Waals surface area (Å²) >= 11 is 5.39. The van der Waals surface area contributed by atoms with Gasteiger partial charge in [-0.25, -0.2) is 4.98 Å². The molecule has 6 heteroatoms. The van der Waals surface area contributed by atoms with Gasteiger partial charge in [0.05, 0.1) is 6.04 Å².